The Bertz CT molecular complexity index is 400. The van der Waals surface area contributed by atoms with Crippen molar-refractivity contribution in [3.63, 3.8) is 0 Å². The molecule has 2 aliphatic rings. The predicted molar refractivity (Wildman–Crippen MR) is 74.8 cm³/mol. The molecule has 1 aliphatic heterocycles. The second-order valence-electron chi connectivity index (χ2n) is 5.62. The molecule has 106 valence electrons. The quantitative estimate of drug-likeness (QED) is 0.845. The van der Waals surface area contributed by atoms with Crippen LogP contribution in [0.1, 0.15) is 45.4 Å². The maximum atomic E-state index is 12.8. The van der Waals surface area contributed by atoms with Crippen LogP contribution in [0.25, 0.3) is 0 Å². The van der Waals surface area contributed by atoms with Crippen molar-refractivity contribution in [2.45, 2.75) is 51.0 Å². The van der Waals surface area contributed by atoms with Crippen molar-refractivity contribution >= 4 is 23.4 Å². The summed E-state index contributed by atoms with van der Waals surface area (Å²) in [6, 6.07) is 0. The Balaban J connectivity index is 2.21. The second kappa shape index (κ2) is 5.95. The summed E-state index contributed by atoms with van der Waals surface area (Å²) in [7, 11) is 0. The van der Waals surface area contributed by atoms with E-state index < -0.39 is 5.54 Å². The van der Waals surface area contributed by atoms with Gasteiger partial charge in [0.05, 0.1) is 0 Å². The average Bonchev–Trinajstić information content (AvgIpc) is 2.52. The summed E-state index contributed by atoms with van der Waals surface area (Å²) in [5, 5.41) is 2.98. The molecular formula is C14H21ClN2O2. The molecule has 2 amide bonds. The summed E-state index contributed by atoms with van der Waals surface area (Å²) in [5.74, 6) is 0.0566. The summed E-state index contributed by atoms with van der Waals surface area (Å²) in [6.07, 6.45) is 5.05. The number of hydrogen-bond acceptors (Lipinski definition) is 2. The van der Waals surface area contributed by atoms with E-state index in [4.69, 9.17) is 11.6 Å². The van der Waals surface area contributed by atoms with E-state index in [-0.39, 0.29) is 11.8 Å². The lowest BCUT2D eigenvalue weighted by molar-refractivity contribution is -0.140. The van der Waals surface area contributed by atoms with Gasteiger partial charge in [0.2, 0.25) is 11.8 Å². The molecular weight excluding hydrogens is 264 g/mol. The molecule has 0 radical (unpaired) electrons. The molecule has 0 bridgehead atoms. The third-order valence-electron chi connectivity index (χ3n) is 4.02. The van der Waals surface area contributed by atoms with E-state index in [1.54, 1.807) is 4.90 Å². The van der Waals surface area contributed by atoms with Gasteiger partial charge in [-0.3, -0.25) is 9.59 Å². The average molecular weight is 285 g/mol. The van der Waals surface area contributed by atoms with E-state index in [0.29, 0.717) is 19.5 Å². The van der Waals surface area contributed by atoms with Crippen molar-refractivity contribution in [1.29, 1.82) is 0 Å². The van der Waals surface area contributed by atoms with Gasteiger partial charge in [0.15, 0.2) is 0 Å². The van der Waals surface area contributed by atoms with E-state index in [0.717, 1.165) is 37.7 Å². The van der Waals surface area contributed by atoms with Gasteiger partial charge < -0.3 is 10.2 Å². The largest absolute Gasteiger partial charge is 0.342 e. The highest BCUT2D eigenvalue weighted by atomic mass is 35.5. The van der Waals surface area contributed by atoms with Crippen LogP contribution in [0.5, 0.6) is 0 Å². The molecule has 19 heavy (non-hydrogen) atoms. The van der Waals surface area contributed by atoms with E-state index in [9.17, 15) is 9.59 Å². The van der Waals surface area contributed by atoms with Crippen molar-refractivity contribution in [2.75, 3.05) is 13.1 Å². The third-order valence-corrected chi connectivity index (χ3v) is 4.39. The van der Waals surface area contributed by atoms with Crippen molar-refractivity contribution in [2.24, 2.45) is 0 Å². The Kier molecular flexibility index (Phi) is 4.50. The lowest BCUT2D eigenvalue weighted by Crippen LogP contribution is -2.58. The fourth-order valence-corrected chi connectivity index (χ4v) is 3.07. The maximum Gasteiger partial charge on any atom is 0.248 e. The van der Waals surface area contributed by atoms with Crippen LogP contribution in [0, 0.1) is 0 Å². The summed E-state index contributed by atoms with van der Waals surface area (Å²) in [4.78, 5) is 26.4. The molecule has 1 spiro atoms. The van der Waals surface area contributed by atoms with Gasteiger partial charge in [-0.25, -0.2) is 0 Å². The van der Waals surface area contributed by atoms with Crippen LogP contribution in [0.2, 0.25) is 0 Å². The molecule has 1 saturated carbocycles. The lowest BCUT2D eigenvalue weighted by atomic mass is 9.80. The van der Waals surface area contributed by atoms with Crippen LogP contribution in [0.15, 0.2) is 11.1 Å². The van der Waals surface area contributed by atoms with E-state index >= 15 is 0 Å². The van der Waals surface area contributed by atoms with Gasteiger partial charge in [-0.1, -0.05) is 30.9 Å². The molecule has 1 N–H and O–H groups in total. The number of halogens is 1. The van der Waals surface area contributed by atoms with Crippen LogP contribution in [0.3, 0.4) is 0 Å². The second-order valence-corrected chi connectivity index (χ2v) is 5.84. The van der Waals surface area contributed by atoms with Gasteiger partial charge >= 0.3 is 0 Å². The summed E-state index contributed by atoms with van der Waals surface area (Å²) in [5.41, 5.74) is 1.79. The lowest BCUT2D eigenvalue weighted by Gasteiger charge is -2.38. The van der Waals surface area contributed by atoms with Gasteiger partial charge in [-0.15, -0.1) is 0 Å². The number of carbonyl (C=O) groups is 2. The molecule has 1 aliphatic carbocycles. The first-order valence-electron chi connectivity index (χ1n) is 6.94. The van der Waals surface area contributed by atoms with Gasteiger partial charge in [-0.2, -0.15) is 0 Å². The molecule has 1 saturated heterocycles. The molecule has 4 nitrogen and oxygen atoms in total. The monoisotopic (exact) mass is 284 g/mol. The van der Waals surface area contributed by atoms with E-state index in [2.05, 4.69) is 5.32 Å². The van der Waals surface area contributed by atoms with Crippen LogP contribution in [-0.4, -0.2) is 35.3 Å². The predicted octanol–water partition coefficient (Wildman–Crippen LogP) is 2.18. The van der Waals surface area contributed by atoms with Gasteiger partial charge in [0, 0.05) is 25.0 Å². The standard InChI is InChI=1S/C14H21ClN2O2/c1-11(9-15)10-17-8-5-12(18)16-14(13(17)19)6-3-2-4-7-14/h9H,2-8,10H2,1H3,(H,16,18). The van der Waals surface area contributed by atoms with Crippen LogP contribution in [-0.2, 0) is 9.59 Å². The topological polar surface area (TPSA) is 49.4 Å². The Hall–Kier alpha value is -1.03. The normalized spacial score (nSPS) is 24.3. The molecule has 0 aromatic carbocycles. The summed E-state index contributed by atoms with van der Waals surface area (Å²) in [6.45, 7) is 2.89. The molecule has 2 fully saturated rings. The summed E-state index contributed by atoms with van der Waals surface area (Å²) < 4.78 is 0. The third kappa shape index (κ3) is 3.11. The minimum Gasteiger partial charge on any atom is -0.342 e. The van der Waals surface area contributed by atoms with Gasteiger partial charge in [-0.05, 0) is 25.3 Å². The van der Waals surface area contributed by atoms with Crippen LogP contribution < -0.4 is 5.32 Å². The molecule has 0 atom stereocenters. The zero-order valence-corrected chi connectivity index (χ0v) is 12.1. The molecule has 0 aromatic heterocycles. The fraction of sp³-hybridized carbons (Fsp3) is 0.714. The van der Waals surface area contributed by atoms with Crippen molar-refractivity contribution < 1.29 is 9.59 Å². The molecule has 1 heterocycles. The van der Waals surface area contributed by atoms with E-state index in [1.807, 2.05) is 6.92 Å². The van der Waals surface area contributed by atoms with Gasteiger partial charge in [0.1, 0.15) is 5.54 Å². The van der Waals surface area contributed by atoms with E-state index in [1.165, 1.54) is 5.54 Å². The Morgan fingerprint density at radius 3 is 2.68 bits per heavy atom. The minimum atomic E-state index is -0.654. The molecule has 0 aromatic rings. The molecule has 0 unspecified atom stereocenters. The van der Waals surface area contributed by atoms with Gasteiger partial charge in [0.25, 0.3) is 0 Å². The first-order chi connectivity index (χ1) is 9.07. The Labute approximate surface area is 119 Å². The van der Waals surface area contributed by atoms with Crippen LogP contribution in [0.4, 0.5) is 0 Å². The van der Waals surface area contributed by atoms with Crippen molar-refractivity contribution in [3.05, 3.63) is 11.1 Å². The smallest absolute Gasteiger partial charge is 0.248 e. The summed E-state index contributed by atoms with van der Waals surface area (Å²) >= 11 is 5.68. The van der Waals surface area contributed by atoms with Crippen molar-refractivity contribution in [1.82, 2.24) is 10.2 Å². The number of rotatable bonds is 2. The number of amides is 2. The zero-order chi connectivity index (χ0) is 13.9. The molecule has 2 rings (SSSR count). The number of carbonyl (C=O) groups excluding carboxylic acids is 2. The Morgan fingerprint density at radius 2 is 2.05 bits per heavy atom. The number of nitrogens with one attached hydrogen (secondary N) is 1. The highest BCUT2D eigenvalue weighted by Gasteiger charge is 2.44. The highest BCUT2D eigenvalue weighted by molar-refractivity contribution is 6.25. The highest BCUT2D eigenvalue weighted by Crippen LogP contribution is 2.31. The zero-order valence-electron chi connectivity index (χ0n) is 11.4. The SMILES string of the molecule is CC(=CCl)CN1CCC(=O)NC2(CCCCC2)C1=O. The minimum absolute atomic E-state index is 0.00902. The van der Waals surface area contributed by atoms with Crippen molar-refractivity contribution in [3.8, 4) is 0 Å². The first-order valence-corrected chi connectivity index (χ1v) is 7.37. The first kappa shape index (κ1) is 14.4. The Morgan fingerprint density at radius 1 is 1.37 bits per heavy atom. The number of nitrogens with zero attached hydrogens (tertiary/aromatic N) is 1. The van der Waals surface area contributed by atoms with Crippen LogP contribution >= 0.6 is 11.6 Å². The molecule has 5 heteroatoms. The maximum absolute atomic E-state index is 12.8. The fourth-order valence-electron chi connectivity index (χ4n) is 3.00. The number of hydrogen-bond donors (Lipinski definition) is 1.